The summed E-state index contributed by atoms with van der Waals surface area (Å²) in [6.45, 7) is 0.596. The Balaban J connectivity index is 1.74. The van der Waals surface area contributed by atoms with Crippen LogP contribution in [-0.4, -0.2) is 36.2 Å². The summed E-state index contributed by atoms with van der Waals surface area (Å²) in [5.74, 6) is -2.17. The van der Waals surface area contributed by atoms with Crippen molar-refractivity contribution in [1.29, 1.82) is 0 Å². The number of benzene rings is 1. The Morgan fingerprint density at radius 1 is 1.22 bits per heavy atom. The first-order valence-corrected chi connectivity index (χ1v) is 9.18. The van der Waals surface area contributed by atoms with Crippen molar-refractivity contribution >= 4 is 29.3 Å². The van der Waals surface area contributed by atoms with Gasteiger partial charge in [-0.1, -0.05) is 25.7 Å². The summed E-state index contributed by atoms with van der Waals surface area (Å²) in [6, 6.07) is 3.96. The van der Waals surface area contributed by atoms with Gasteiger partial charge in [0.15, 0.2) is 0 Å². The van der Waals surface area contributed by atoms with E-state index in [1.807, 2.05) is 0 Å². The zero-order valence-electron chi connectivity index (χ0n) is 15.0. The number of carbonyl (C=O) groups excluding carboxylic acids is 2. The lowest BCUT2D eigenvalue weighted by atomic mass is 9.77. The monoisotopic (exact) mass is 378 g/mol. The molecule has 0 bridgehead atoms. The number of ether oxygens (including phenoxy) is 1. The number of carboxylic acid groups (broad SMARTS) is 1. The molecule has 1 aliphatic carbocycles. The van der Waals surface area contributed by atoms with Gasteiger partial charge in [-0.05, 0) is 31.0 Å². The Morgan fingerprint density at radius 2 is 1.93 bits per heavy atom. The number of amides is 2. The highest BCUT2D eigenvalue weighted by molar-refractivity contribution is 5.96. The topological polar surface area (TPSA) is 95.9 Å². The fourth-order valence-electron chi connectivity index (χ4n) is 3.78. The van der Waals surface area contributed by atoms with Gasteiger partial charge in [-0.25, -0.2) is 9.18 Å². The predicted octanol–water partition coefficient (Wildman–Crippen LogP) is 3.54. The van der Waals surface area contributed by atoms with Gasteiger partial charge in [0.05, 0.1) is 17.6 Å². The number of halogens is 1. The first-order chi connectivity index (χ1) is 12.9. The van der Waals surface area contributed by atoms with E-state index in [1.54, 1.807) is 0 Å². The van der Waals surface area contributed by atoms with E-state index in [-0.39, 0.29) is 18.7 Å². The van der Waals surface area contributed by atoms with Gasteiger partial charge in [0, 0.05) is 12.1 Å². The van der Waals surface area contributed by atoms with E-state index in [9.17, 15) is 23.9 Å². The maximum absolute atomic E-state index is 14.1. The number of hydrogen-bond donors (Lipinski definition) is 2. The van der Waals surface area contributed by atoms with E-state index in [0.717, 1.165) is 31.7 Å². The minimum Gasteiger partial charge on any atom is -0.481 e. The molecule has 1 aromatic carbocycles. The van der Waals surface area contributed by atoms with Crippen molar-refractivity contribution in [3.63, 3.8) is 0 Å². The molecule has 146 valence electrons. The summed E-state index contributed by atoms with van der Waals surface area (Å²) >= 11 is 0. The zero-order valence-corrected chi connectivity index (χ0v) is 15.0. The van der Waals surface area contributed by atoms with E-state index in [2.05, 4.69) is 5.32 Å². The number of nitrogens with one attached hydrogen (secondary N) is 1. The molecule has 0 radical (unpaired) electrons. The summed E-state index contributed by atoms with van der Waals surface area (Å²) in [7, 11) is 0. The van der Waals surface area contributed by atoms with Crippen LogP contribution < -0.4 is 10.2 Å². The molecule has 0 spiro atoms. The second-order valence-corrected chi connectivity index (χ2v) is 7.15. The van der Waals surface area contributed by atoms with Crippen molar-refractivity contribution in [2.45, 2.75) is 44.9 Å². The average molecular weight is 378 g/mol. The van der Waals surface area contributed by atoms with Crippen LogP contribution in [0.25, 0.3) is 0 Å². The lowest BCUT2D eigenvalue weighted by Crippen LogP contribution is -2.35. The standard InChI is InChI=1S/C19H23FN2O5/c20-14-6-5-13(22-9-10-27-18(22)26)11-15(14)21-16(23)12-19(17(24)25)7-3-1-2-4-8-19/h5-6,11H,1-4,7-10,12H2,(H,21,23)(H,24,25). The molecule has 3 rings (SSSR count). The average Bonchev–Trinajstić information content (AvgIpc) is 2.90. The highest BCUT2D eigenvalue weighted by Crippen LogP contribution is 2.39. The number of aliphatic carboxylic acids is 1. The number of anilines is 2. The molecule has 2 aliphatic rings. The van der Waals surface area contributed by atoms with Crippen molar-refractivity contribution in [3.8, 4) is 0 Å². The van der Waals surface area contributed by atoms with Gasteiger partial charge < -0.3 is 15.2 Å². The lowest BCUT2D eigenvalue weighted by Gasteiger charge is -2.27. The molecule has 0 atom stereocenters. The van der Waals surface area contributed by atoms with Crippen molar-refractivity contribution in [3.05, 3.63) is 24.0 Å². The highest BCUT2D eigenvalue weighted by atomic mass is 19.1. The fraction of sp³-hybridized carbons (Fsp3) is 0.526. The van der Waals surface area contributed by atoms with Gasteiger partial charge in [-0.2, -0.15) is 0 Å². The quantitative estimate of drug-likeness (QED) is 0.764. The van der Waals surface area contributed by atoms with E-state index in [0.29, 0.717) is 25.1 Å². The summed E-state index contributed by atoms with van der Waals surface area (Å²) in [5.41, 5.74) is -0.768. The van der Waals surface area contributed by atoms with Crippen molar-refractivity contribution < 1.29 is 28.6 Å². The first kappa shape index (κ1) is 19.1. The predicted molar refractivity (Wildman–Crippen MR) is 96.1 cm³/mol. The molecule has 2 amide bonds. The number of hydrogen-bond acceptors (Lipinski definition) is 4. The van der Waals surface area contributed by atoms with Crippen LogP contribution in [0.1, 0.15) is 44.9 Å². The molecular weight excluding hydrogens is 355 g/mol. The Bertz CT molecular complexity index is 744. The van der Waals surface area contributed by atoms with Crippen LogP contribution >= 0.6 is 0 Å². The summed E-state index contributed by atoms with van der Waals surface area (Å²) in [6.07, 6.45) is 3.61. The molecule has 1 saturated heterocycles. The third kappa shape index (κ3) is 4.20. The van der Waals surface area contributed by atoms with Gasteiger partial charge >= 0.3 is 12.1 Å². The van der Waals surface area contributed by atoms with Gasteiger partial charge in [0.1, 0.15) is 12.4 Å². The SMILES string of the molecule is O=C(CC1(C(=O)O)CCCCCC1)Nc1cc(N2CCOC2=O)ccc1F. The van der Waals surface area contributed by atoms with Crippen LogP contribution in [0, 0.1) is 11.2 Å². The fourth-order valence-corrected chi connectivity index (χ4v) is 3.78. The van der Waals surface area contributed by atoms with Crippen molar-refractivity contribution in [2.24, 2.45) is 5.41 Å². The molecule has 0 unspecified atom stereocenters. The molecule has 1 saturated carbocycles. The molecule has 7 nitrogen and oxygen atoms in total. The van der Waals surface area contributed by atoms with Crippen LogP contribution in [0.5, 0.6) is 0 Å². The summed E-state index contributed by atoms with van der Waals surface area (Å²) in [4.78, 5) is 37.4. The minimum absolute atomic E-state index is 0.0774. The number of carboxylic acids is 1. The maximum Gasteiger partial charge on any atom is 0.414 e. The number of cyclic esters (lactones) is 1. The Kier molecular flexibility index (Phi) is 5.62. The van der Waals surface area contributed by atoms with E-state index >= 15 is 0 Å². The highest BCUT2D eigenvalue weighted by Gasteiger charge is 2.40. The number of rotatable bonds is 5. The van der Waals surface area contributed by atoms with Gasteiger partial charge in [-0.3, -0.25) is 14.5 Å². The molecule has 27 heavy (non-hydrogen) atoms. The molecule has 8 heteroatoms. The van der Waals surface area contributed by atoms with Crippen LogP contribution in [0.3, 0.4) is 0 Å². The van der Waals surface area contributed by atoms with Gasteiger partial charge in [0.25, 0.3) is 0 Å². The van der Waals surface area contributed by atoms with Crippen LogP contribution in [0.4, 0.5) is 20.6 Å². The van der Waals surface area contributed by atoms with Crippen LogP contribution in [0.15, 0.2) is 18.2 Å². The second kappa shape index (κ2) is 7.94. The summed E-state index contributed by atoms with van der Waals surface area (Å²) in [5, 5.41) is 12.2. The largest absolute Gasteiger partial charge is 0.481 e. The maximum atomic E-state index is 14.1. The molecule has 0 aromatic heterocycles. The smallest absolute Gasteiger partial charge is 0.414 e. The van der Waals surface area contributed by atoms with Crippen LogP contribution in [0.2, 0.25) is 0 Å². The summed E-state index contributed by atoms with van der Waals surface area (Å²) < 4.78 is 19.0. The normalized spacial score (nSPS) is 19.3. The minimum atomic E-state index is -1.10. The third-order valence-electron chi connectivity index (χ3n) is 5.31. The first-order valence-electron chi connectivity index (χ1n) is 9.18. The molecule has 1 heterocycles. The second-order valence-electron chi connectivity index (χ2n) is 7.15. The zero-order chi connectivity index (χ0) is 19.4. The Morgan fingerprint density at radius 3 is 2.52 bits per heavy atom. The van der Waals surface area contributed by atoms with Gasteiger partial charge in [0.2, 0.25) is 5.91 Å². The van der Waals surface area contributed by atoms with Gasteiger partial charge in [-0.15, -0.1) is 0 Å². The Hall–Kier alpha value is -2.64. The molecular formula is C19H23FN2O5. The molecule has 2 N–H and O–H groups in total. The van der Waals surface area contributed by atoms with E-state index in [1.165, 1.54) is 17.0 Å². The van der Waals surface area contributed by atoms with E-state index in [4.69, 9.17) is 4.74 Å². The molecule has 2 fully saturated rings. The Labute approximate surface area is 156 Å². The molecule has 1 aliphatic heterocycles. The third-order valence-corrected chi connectivity index (χ3v) is 5.31. The number of carbonyl (C=O) groups is 3. The van der Waals surface area contributed by atoms with E-state index < -0.39 is 29.2 Å². The lowest BCUT2D eigenvalue weighted by molar-refractivity contribution is -0.152. The van der Waals surface area contributed by atoms with Crippen LogP contribution in [-0.2, 0) is 14.3 Å². The van der Waals surface area contributed by atoms with Crippen molar-refractivity contribution in [1.82, 2.24) is 0 Å². The number of nitrogens with zero attached hydrogens (tertiary/aromatic N) is 1. The van der Waals surface area contributed by atoms with Crippen molar-refractivity contribution in [2.75, 3.05) is 23.4 Å². The molecule has 1 aromatic rings.